The van der Waals surface area contributed by atoms with E-state index in [1.165, 1.54) is 0 Å². The van der Waals surface area contributed by atoms with Crippen molar-refractivity contribution in [1.29, 1.82) is 0 Å². The van der Waals surface area contributed by atoms with Gasteiger partial charge in [-0.25, -0.2) is 4.79 Å². The molecule has 3 N–H and O–H groups in total. The van der Waals surface area contributed by atoms with Crippen LogP contribution in [0.1, 0.15) is 15.9 Å². The summed E-state index contributed by atoms with van der Waals surface area (Å²) >= 11 is 5.83. The fourth-order valence-electron chi connectivity index (χ4n) is 2.89. The third-order valence-corrected chi connectivity index (χ3v) is 4.49. The number of aromatic nitrogens is 1. The molecule has 0 aliphatic rings. The summed E-state index contributed by atoms with van der Waals surface area (Å²) in [6, 6.07) is 12.6. The lowest BCUT2D eigenvalue weighted by atomic mass is 10.0. The van der Waals surface area contributed by atoms with Crippen LogP contribution in [0, 0.1) is 0 Å². The largest absolute Gasteiger partial charge is 0.480 e. The number of carbonyl (C=O) groups excluding carboxylic acids is 1. The Kier molecular flexibility index (Phi) is 6.01. The highest BCUT2D eigenvalue weighted by molar-refractivity contribution is 6.30. The first-order chi connectivity index (χ1) is 13.5. The number of fused-ring (bicyclic) bond motifs is 1. The van der Waals surface area contributed by atoms with Gasteiger partial charge < -0.3 is 20.1 Å². The number of carboxylic acid groups (broad SMARTS) is 1. The van der Waals surface area contributed by atoms with Gasteiger partial charge in [-0.05, 0) is 30.3 Å². The van der Waals surface area contributed by atoms with E-state index in [9.17, 15) is 14.7 Å². The number of para-hydroxylation sites is 1. The fraction of sp³-hybridized carbons (Fsp3) is 0.143. The molecule has 144 valence electrons. The molecule has 0 aliphatic heterocycles. The van der Waals surface area contributed by atoms with Gasteiger partial charge in [0.15, 0.2) is 5.88 Å². The maximum absolute atomic E-state index is 12.5. The molecule has 0 aliphatic carbocycles. The Bertz CT molecular complexity index is 1010. The SMILES string of the molecule is C=CCOc1[nH]c2ccccc2c1CC(NC(=O)c1ccc(Cl)cc1)C(=O)O. The van der Waals surface area contributed by atoms with E-state index in [2.05, 4.69) is 16.9 Å². The lowest BCUT2D eigenvalue weighted by molar-refractivity contribution is -0.139. The van der Waals surface area contributed by atoms with Crippen molar-refractivity contribution in [2.75, 3.05) is 6.61 Å². The molecule has 1 amide bonds. The van der Waals surface area contributed by atoms with Crippen molar-refractivity contribution in [2.45, 2.75) is 12.5 Å². The molecule has 2 aromatic carbocycles. The van der Waals surface area contributed by atoms with E-state index in [0.29, 0.717) is 22.0 Å². The van der Waals surface area contributed by atoms with Crippen LogP contribution in [0.2, 0.25) is 5.02 Å². The number of rotatable bonds is 8. The van der Waals surface area contributed by atoms with Gasteiger partial charge in [-0.15, -0.1) is 0 Å². The fourth-order valence-corrected chi connectivity index (χ4v) is 3.02. The van der Waals surface area contributed by atoms with Crippen molar-refractivity contribution in [2.24, 2.45) is 0 Å². The van der Waals surface area contributed by atoms with Crippen LogP contribution in [0.4, 0.5) is 0 Å². The van der Waals surface area contributed by atoms with Crippen LogP contribution < -0.4 is 10.1 Å². The second-order valence-corrected chi connectivity index (χ2v) is 6.59. The molecule has 1 unspecified atom stereocenters. The Hall–Kier alpha value is -3.25. The van der Waals surface area contributed by atoms with Crippen LogP contribution in [0.3, 0.4) is 0 Å². The minimum Gasteiger partial charge on any atom is -0.480 e. The van der Waals surface area contributed by atoms with Gasteiger partial charge in [-0.3, -0.25) is 4.79 Å². The van der Waals surface area contributed by atoms with Crippen molar-refractivity contribution in [3.63, 3.8) is 0 Å². The van der Waals surface area contributed by atoms with E-state index < -0.39 is 17.9 Å². The number of carboxylic acids is 1. The molecule has 0 radical (unpaired) electrons. The average molecular weight is 399 g/mol. The van der Waals surface area contributed by atoms with Crippen molar-refractivity contribution in [1.82, 2.24) is 10.3 Å². The topological polar surface area (TPSA) is 91.4 Å². The van der Waals surface area contributed by atoms with Crippen molar-refractivity contribution < 1.29 is 19.4 Å². The van der Waals surface area contributed by atoms with Crippen LogP contribution >= 0.6 is 11.6 Å². The van der Waals surface area contributed by atoms with E-state index in [0.717, 1.165) is 10.9 Å². The molecule has 0 fully saturated rings. The standard InChI is InChI=1S/C21H19ClN2O4/c1-2-11-28-20-16(15-5-3-4-6-17(15)24-20)12-18(21(26)27)23-19(25)13-7-9-14(22)10-8-13/h2-10,18,24H,1,11-12H2,(H,23,25)(H,26,27). The zero-order valence-electron chi connectivity index (χ0n) is 14.9. The number of ether oxygens (including phenoxy) is 1. The Labute approximate surface area is 166 Å². The van der Waals surface area contributed by atoms with Gasteiger partial charge in [0.1, 0.15) is 12.6 Å². The van der Waals surface area contributed by atoms with Gasteiger partial charge in [-0.2, -0.15) is 0 Å². The van der Waals surface area contributed by atoms with Crippen molar-refractivity contribution in [3.8, 4) is 5.88 Å². The number of aliphatic carboxylic acids is 1. The molecule has 0 saturated carbocycles. The maximum Gasteiger partial charge on any atom is 0.326 e. The zero-order valence-corrected chi connectivity index (χ0v) is 15.7. The minimum absolute atomic E-state index is 0.0607. The summed E-state index contributed by atoms with van der Waals surface area (Å²) in [4.78, 5) is 27.4. The molecule has 6 nitrogen and oxygen atoms in total. The van der Waals surface area contributed by atoms with Crippen LogP contribution in [0.25, 0.3) is 10.9 Å². The van der Waals surface area contributed by atoms with E-state index in [4.69, 9.17) is 16.3 Å². The Morgan fingerprint density at radius 3 is 2.61 bits per heavy atom. The molecule has 3 rings (SSSR count). The van der Waals surface area contributed by atoms with Gasteiger partial charge in [-0.1, -0.05) is 42.5 Å². The quantitative estimate of drug-likeness (QED) is 0.503. The maximum atomic E-state index is 12.5. The Morgan fingerprint density at radius 1 is 1.21 bits per heavy atom. The highest BCUT2D eigenvalue weighted by Gasteiger charge is 2.25. The van der Waals surface area contributed by atoms with Crippen LogP contribution in [-0.4, -0.2) is 34.6 Å². The number of halogens is 1. The third-order valence-electron chi connectivity index (χ3n) is 4.24. The molecular formula is C21H19ClN2O4. The molecular weight excluding hydrogens is 380 g/mol. The van der Waals surface area contributed by atoms with Crippen molar-refractivity contribution in [3.05, 3.63) is 77.3 Å². The second-order valence-electron chi connectivity index (χ2n) is 6.15. The number of hydrogen-bond donors (Lipinski definition) is 3. The van der Waals surface area contributed by atoms with E-state index >= 15 is 0 Å². The third kappa shape index (κ3) is 4.35. The van der Waals surface area contributed by atoms with E-state index in [-0.39, 0.29) is 13.0 Å². The molecule has 3 aromatic rings. The lowest BCUT2D eigenvalue weighted by Gasteiger charge is -2.15. The van der Waals surface area contributed by atoms with Gasteiger partial charge in [0.05, 0.1) is 0 Å². The molecule has 28 heavy (non-hydrogen) atoms. The monoisotopic (exact) mass is 398 g/mol. The normalized spacial score (nSPS) is 11.8. The summed E-state index contributed by atoms with van der Waals surface area (Å²) in [5.41, 5.74) is 1.84. The number of carbonyl (C=O) groups is 2. The molecule has 1 aromatic heterocycles. The number of benzene rings is 2. The highest BCUT2D eigenvalue weighted by Crippen LogP contribution is 2.29. The number of aromatic amines is 1. The van der Waals surface area contributed by atoms with Crippen LogP contribution in [0.15, 0.2) is 61.2 Å². The summed E-state index contributed by atoms with van der Waals surface area (Å²) < 4.78 is 5.66. The predicted octanol–water partition coefficient (Wildman–Crippen LogP) is 3.81. The number of hydrogen-bond acceptors (Lipinski definition) is 3. The number of amides is 1. The summed E-state index contributed by atoms with van der Waals surface area (Å²) in [6.07, 6.45) is 1.66. The molecule has 1 heterocycles. The number of nitrogens with one attached hydrogen (secondary N) is 2. The summed E-state index contributed by atoms with van der Waals surface area (Å²) in [7, 11) is 0. The van der Waals surface area contributed by atoms with Gasteiger partial charge in [0, 0.05) is 33.5 Å². The Balaban J connectivity index is 1.87. The zero-order chi connectivity index (χ0) is 20.1. The molecule has 0 bridgehead atoms. The first kappa shape index (κ1) is 19.5. The van der Waals surface area contributed by atoms with Gasteiger partial charge in [0.25, 0.3) is 5.91 Å². The Morgan fingerprint density at radius 2 is 1.93 bits per heavy atom. The summed E-state index contributed by atoms with van der Waals surface area (Å²) in [5.74, 6) is -1.16. The highest BCUT2D eigenvalue weighted by atomic mass is 35.5. The molecule has 1 atom stereocenters. The number of H-pyrrole nitrogens is 1. The predicted molar refractivity (Wildman–Crippen MR) is 108 cm³/mol. The second kappa shape index (κ2) is 8.63. The molecule has 0 spiro atoms. The first-order valence-corrected chi connectivity index (χ1v) is 9.00. The summed E-state index contributed by atoms with van der Waals surface area (Å²) in [6.45, 7) is 3.90. The minimum atomic E-state index is -1.14. The first-order valence-electron chi connectivity index (χ1n) is 8.62. The lowest BCUT2D eigenvalue weighted by Crippen LogP contribution is -2.42. The van der Waals surface area contributed by atoms with Crippen molar-refractivity contribution >= 4 is 34.4 Å². The smallest absolute Gasteiger partial charge is 0.326 e. The average Bonchev–Trinajstić information content (AvgIpc) is 3.03. The van der Waals surface area contributed by atoms with Gasteiger partial charge in [0.2, 0.25) is 0 Å². The molecule has 0 saturated heterocycles. The van der Waals surface area contributed by atoms with Crippen LogP contribution in [0.5, 0.6) is 5.88 Å². The van der Waals surface area contributed by atoms with E-state index in [1.54, 1.807) is 30.3 Å². The molecule has 7 heteroatoms. The van der Waals surface area contributed by atoms with Gasteiger partial charge >= 0.3 is 5.97 Å². The van der Waals surface area contributed by atoms with E-state index in [1.807, 2.05) is 24.3 Å². The summed E-state index contributed by atoms with van der Waals surface area (Å²) in [5, 5.41) is 13.6. The van der Waals surface area contributed by atoms with Crippen LogP contribution in [-0.2, 0) is 11.2 Å².